The van der Waals surface area contributed by atoms with Gasteiger partial charge >= 0.3 is 5.72 Å². The van der Waals surface area contributed by atoms with Gasteiger partial charge in [-0.2, -0.15) is 0 Å². The van der Waals surface area contributed by atoms with Crippen LogP contribution in [0.2, 0.25) is 0 Å². The van der Waals surface area contributed by atoms with E-state index in [2.05, 4.69) is 0 Å². The van der Waals surface area contributed by atoms with Crippen LogP contribution in [0.1, 0.15) is 22.3 Å². The molecule has 0 aromatic heterocycles. The van der Waals surface area contributed by atoms with E-state index in [0.717, 1.165) is 11.6 Å². The molecular formula is C14H13NO4. The van der Waals surface area contributed by atoms with Crippen LogP contribution in [0.25, 0.3) is 0 Å². The Morgan fingerprint density at radius 1 is 1.47 bits per heavy atom. The molecule has 0 fully saturated rings. The quantitative estimate of drug-likeness (QED) is 0.390. The van der Waals surface area contributed by atoms with Gasteiger partial charge < -0.3 is 5.11 Å². The molecule has 0 amide bonds. The molecule has 5 nitrogen and oxygen atoms in total. The van der Waals surface area contributed by atoms with Crippen LogP contribution >= 0.6 is 0 Å². The summed E-state index contributed by atoms with van der Waals surface area (Å²) >= 11 is 0. The summed E-state index contributed by atoms with van der Waals surface area (Å²) < 4.78 is 0. The Morgan fingerprint density at radius 3 is 2.74 bits per heavy atom. The summed E-state index contributed by atoms with van der Waals surface area (Å²) in [5, 5.41) is 20.3. The zero-order valence-electron chi connectivity index (χ0n) is 10.4. The summed E-state index contributed by atoms with van der Waals surface area (Å²) in [6.45, 7) is 1.88. The van der Waals surface area contributed by atoms with Crippen molar-refractivity contribution in [2.24, 2.45) is 0 Å². The number of nitro groups is 1. The third-order valence-corrected chi connectivity index (χ3v) is 3.01. The molecule has 19 heavy (non-hydrogen) atoms. The standard InChI is InChI=1S/C14H13NO4/c1-10-3-2-4-12(9-10)13(16)11-5-7-14(17,8-6-11)15(18)19/h2-7,9,17H,8H2,1H3. The van der Waals surface area contributed by atoms with Gasteiger partial charge in [0.2, 0.25) is 0 Å². The summed E-state index contributed by atoms with van der Waals surface area (Å²) in [5.74, 6) is -0.203. The van der Waals surface area contributed by atoms with Crippen LogP contribution in [0.5, 0.6) is 0 Å². The minimum absolute atomic E-state index is 0.203. The first-order chi connectivity index (χ1) is 8.92. The Bertz CT molecular complexity index is 603. The number of ketones is 1. The van der Waals surface area contributed by atoms with E-state index in [4.69, 9.17) is 0 Å². The van der Waals surface area contributed by atoms with Gasteiger partial charge in [0, 0.05) is 17.2 Å². The fourth-order valence-electron chi connectivity index (χ4n) is 1.88. The summed E-state index contributed by atoms with van der Waals surface area (Å²) in [7, 11) is 0. The second kappa shape index (κ2) is 4.78. The minimum Gasteiger partial charge on any atom is -0.327 e. The lowest BCUT2D eigenvalue weighted by Gasteiger charge is -2.17. The topological polar surface area (TPSA) is 80.4 Å². The number of aliphatic hydroxyl groups is 1. The monoisotopic (exact) mass is 259 g/mol. The molecule has 1 aromatic carbocycles. The Balaban J connectivity index is 2.22. The van der Waals surface area contributed by atoms with E-state index in [9.17, 15) is 20.0 Å². The third kappa shape index (κ3) is 2.61. The fraction of sp³-hybridized carbons (Fsp3) is 0.214. The predicted molar refractivity (Wildman–Crippen MR) is 69.3 cm³/mol. The largest absolute Gasteiger partial charge is 0.345 e. The number of hydrogen-bond donors (Lipinski definition) is 1. The van der Waals surface area contributed by atoms with Crippen molar-refractivity contribution in [1.29, 1.82) is 0 Å². The molecule has 1 atom stereocenters. The Kier molecular flexibility index (Phi) is 3.31. The van der Waals surface area contributed by atoms with Crippen molar-refractivity contribution in [2.45, 2.75) is 19.1 Å². The van der Waals surface area contributed by atoms with Crippen molar-refractivity contribution in [3.05, 3.63) is 69.3 Å². The maximum atomic E-state index is 12.2. The normalized spacial score (nSPS) is 21.9. The minimum atomic E-state index is -2.10. The first-order valence-electron chi connectivity index (χ1n) is 5.80. The second-order valence-electron chi connectivity index (χ2n) is 4.53. The van der Waals surface area contributed by atoms with E-state index in [1.165, 1.54) is 12.2 Å². The molecule has 1 aliphatic carbocycles. The predicted octanol–water partition coefficient (Wildman–Crippen LogP) is 2.03. The average Bonchev–Trinajstić information content (AvgIpc) is 2.38. The Morgan fingerprint density at radius 2 is 2.21 bits per heavy atom. The van der Waals surface area contributed by atoms with Crippen LogP contribution in [0, 0.1) is 17.0 Å². The number of benzene rings is 1. The van der Waals surface area contributed by atoms with Crippen LogP contribution < -0.4 is 0 Å². The molecule has 0 saturated carbocycles. The SMILES string of the molecule is Cc1cccc(C(=O)C2=CCC(O)([N+](=O)[O-])C=C2)c1. The van der Waals surface area contributed by atoms with Crippen molar-refractivity contribution in [1.82, 2.24) is 0 Å². The molecule has 0 aliphatic heterocycles. The number of nitrogens with zero attached hydrogens (tertiary/aromatic N) is 1. The zero-order chi connectivity index (χ0) is 14.0. The molecule has 5 heteroatoms. The first kappa shape index (κ1) is 13.2. The van der Waals surface area contributed by atoms with Crippen LogP contribution in [-0.2, 0) is 0 Å². The fourth-order valence-corrected chi connectivity index (χ4v) is 1.88. The van der Waals surface area contributed by atoms with Crippen molar-refractivity contribution in [3.63, 3.8) is 0 Å². The number of aryl methyl sites for hydroxylation is 1. The summed E-state index contributed by atoms with van der Waals surface area (Å²) in [6, 6.07) is 7.11. The van der Waals surface area contributed by atoms with Gasteiger partial charge in [-0.05, 0) is 19.1 Å². The summed E-state index contributed by atoms with van der Waals surface area (Å²) in [6.07, 6.45) is 3.55. The maximum Gasteiger partial charge on any atom is 0.345 e. The number of allylic oxidation sites excluding steroid dienone is 2. The van der Waals surface area contributed by atoms with Gasteiger partial charge in [0.15, 0.2) is 5.78 Å². The third-order valence-electron chi connectivity index (χ3n) is 3.01. The van der Waals surface area contributed by atoms with Crippen LogP contribution in [-0.4, -0.2) is 21.5 Å². The number of carbonyl (C=O) groups excluding carboxylic acids is 1. The van der Waals surface area contributed by atoms with Crippen molar-refractivity contribution in [2.75, 3.05) is 0 Å². The molecule has 1 N–H and O–H groups in total. The average molecular weight is 259 g/mol. The molecule has 0 spiro atoms. The Hall–Kier alpha value is -2.27. The van der Waals surface area contributed by atoms with Crippen molar-refractivity contribution in [3.8, 4) is 0 Å². The van der Waals surface area contributed by atoms with Crippen LogP contribution in [0.15, 0.2) is 48.1 Å². The Labute approximate surface area is 110 Å². The molecule has 0 radical (unpaired) electrons. The second-order valence-corrected chi connectivity index (χ2v) is 4.53. The van der Waals surface area contributed by atoms with Crippen LogP contribution in [0.3, 0.4) is 0 Å². The molecule has 0 bridgehead atoms. The lowest BCUT2D eigenvalue weighted by atomic mass is 9.94. The van der Waals surface area contributed by atoms with E-state index in [0.29, 0.717) is 11.1 Å². The van der Waals surface area contributed by atoms with Gasteiger partial charge in [-0.15, -0.1) is 0 Å². The van der Waals surface area contributed by atoms with Gasteiger partial charge in [0.25, 0.3) is 0 Å². The van der Waals surface area contributed by atoms with E-state index in [1.54, 1.807) is 18.2 Å². The molecule has 1 unspecified atom stereocenters. The smallest absolute Gasteiger partial charge is 0.327 e. The molecule has 98 valence electrons. The molecule has 1 aromatic rings. The molecule has 0 heterocycles. The van der Waals surface area contributed by atoms with E-state index >= 15 is 0 Å². The van der Waals surface area contributed by atoms with Gasteiger partial charge in [-0.3, -0.25) is 14.9 Å². The highest BCUT2D eigenvalue weighted by atomic mass is 16.7. The number of rotatable bonds is 3. The van der Waals surface area contributed by atoms with Gasteiger partial charge in [0.05, 0.1) is 11.3 Å². The highest BCUT2D eigenvalue weighted by Gasteiger charge is 2.38. The lowest BCUT2D eigenvalue weighted by molar-refractivity contribution is -0.607. The number of Topliss-reactive ketones (excluding diaryl/α,β-unsaturated/α-hetero) is 1. The van der Waals surface area contributed by atoms with E-state index in [1.807, 2.05) is 13.0 Å². The van der Waals surface area contributed by atoms with Crippen molar-refractivity contribution >= 4 is 5.78 Å². The van der Waals surface area contributed by atoms with Gasteiger partial charge in [-0.25, -0.2) is 0 Å². The number of carbonyl (C=O) groups is 1. The molecule has 0 saturated heterocycles. The molecule has 1 aliphatic rings. The molecule has 2 rings (SSSR count). The van der Waals surface area contributed by atoms with E-state index in [-0.39, 0.29) is 12.2 Å². The van der Waals surface area contributed by atoms with Crippen molar-refractivity contribution < 1.29 is 14.8 Å². The maximum absolute atomic E-state index is 12.2. The summed E-state index contributed by atoms with van der Waals surface area (Å²) in [5.41, 5.74) is -0.247. The zero-order valence-corrected chi connectivity index (χ0v) is 10.4. The lowest BCUT2D eigenvalue weighted by Crippen LogP contribution is -2.36. The van der Waals surface area contributed by atoms with Gasteiger partial charge in [0.1, 0.15) is 0 Å². The first-order valence-corrected chi connectivity index (χ1v) is 5.80. The van der Waals surface area contributed by atoms with Gasteiger partial charge in [-0.1, -0.05) is 29.8 Å². The summed E-state index contributed by atoms with van der Waals surface area (Å²) in [4.78, 5) is 22.0. The number of hydrogen-bond acceptors (Lipinski definition) is 4. The highest BCUT2D eigenvalue weighted by molar-refractivity contribution is 6.10. The van der Waals surface area contributed by atoms with Crippen LogP contribution in [0.4, 0.5) is 0 Å². The van der Waals surface area contributed by atoms with E-state index < -0.39 is 10.6 Å². The molecular weight excluding hydrogens is 246 g/mol. The highest BCUT2D eigenvalue weighted by Crippen LogP contribution is 2.23.